The van der Waals surface area contributed by atoms with Gasteiger partial charge in [0.2, 0.25) is 0 Å². The molecule has 20 heavy (non-hydrogen) atoms. The number of aromatic nitrogens is 2. The Bertz CT molecular complexity index is 627. The lowest BCUT2D eigenvalue weighted by Gasteiger charge is -2.15. The number of carbonyl (C=O) groups is 1. The number of halogens is 2. The largest absolute Gasteiger partial charge is 0.339 e. The number of rotatable bonds is 2. The van der Waals surface area contributed by atoms with Crippen LogP contribution in [-0.4, -0.2) is 34.1 Å². The summed E-state index contributed by atoms with van der Waals surface area (Å²) in [6.45, 7) is 1.34. The maximum atomic E-state index is 13.8. The molecule has 1 amide bonds. The number of amides is 1. The van der Waals surface area contributed by atoms with Gasteiger partial charge in [0.05, 0.1) is 23.0 Å². The highest BCUT2D eigenvalue weighted by molar-refractivity contribution is 6.00. The van der Waals surface area contributed by atoms with Gasteiger partial charge in [0.1, 0.15) is 11.6 Å². The summed E-state index contributed by atoms with van der Waals surface area (Å²) >= 11 is 0. The van der Waals surface area contributed by atoms with Crippen molar-refractivity contribution in [2.24, 2.45) is 0 Å². The molecule has 6 heteroatoms. The summed E-state index contributed by atoms with van der Waals surface area (Å²) in [4.78, 5) is 14.0. The van der Waals surface area contributed by atoms with Gasteiger partial charge >= 0.3 is 0 Å². The summed E-state index contributed by atoms with van der Waals surface area (Å²) in [7, 11) is 0. The molecule has 2 aromatic rings. The van der Waals surface area contributed by atoms with Crippen LogP contribution in [-0.2, 0) is 0 Å². The Morgan fingerprint density at radius 2 is 1.85 bits per heavy atom. The van der Waals surface area contributed by atoms with Gasteiger partial charge in [-0.1, -0.05) is 6.07 Å². The van der Waals surface area contributed by atoms with Gasteiger partial charge in [0, 0.05) is 13.1 Å². The summed E-state index contributed by atoms with van der Waals surface area (Å²) in [5.41, 5.74) is 0.0564. The highest BCUT2D eigenvalue weighted by Gasteiger charge is 2.26. The van der Waals surface area contributed by atoms with Crippen molar-refractivity contribution >= 4 is 5.91 Å². The molecule has 1 aliphatic rings. The van der Waals surface area contributed by atoms with Gasteiger partial charge in [-0.25, -0.2) is 8.78 Å². The Labute approximate surface area is 114 Å². The first kappa shape index (κ1) is 12.8. The first-order valence-electron chi connectivity index (χ1n) is 6.45. The minimum absolute atomic E-state index is 0.0949. The smallest absolute Gasteiger partial charge is 0.257 e. The lowest BCUT2D eigenvalue weighted by molar-refractivity contribution is 0.0793. The van der Waals surface area contributed by atoms with E-state index in [0.29, 0.717) is 13.1 Å². The van der Waals surface area contributed by atoms with E-state index in [9.17, 15) is 13.6 Å². The monoisotopic (exact) mass is 277 g/mol. The van der Waals surface area contributed by atoms with Crippen LogP contribution in [0.3, 0.4) is 0 Å². The zero-order valence-corrected chi connectivity index (χ0v) is 10.7. The fraction of sp³-hybridized carbons (Fsp3) is 0.286. The van der Waals surface area contributed by atoms with E-state index in [1.54, 1.807) is 4.90 Å². The molecule has 1 aromatic carbocycles. The Morgan fingerprint density at radius 1 is 1.20 bits per heavy atom. The quantitative estimate of drug-likeness (QED) is 0.917. The second-order valence-corrected chi connectivity index (χ2v) is 4.75. The normalized spacial score (nSPS) is 14.8. The SMILES string of the molecule is O=C(c1cn[nH]c1-c1c(F)cccc1F)N1CCCC1. The summed E-state index contributed by atoms with van der Waals surface area (Å²) in [6, 6.07) is 3.60. The lowest BCUT2D eigenvalue weighted by Crippen LogP contribution is -2.27. The van der Waals surface area contributed by atoms with E-state index in [-0.39, 0.29) is 22.7 Å². The molecule has 4 nitrogen and oxygen atoms in total. The average Bonchev–Trinajstić information content (AvgIpc) is 3.09. The number of aromatic amines is 1. The maximum absolute atomic E-state index is 13.8. The predicted octanol–water partition coefficient (Wildman–Crippen LogP) is 2.59. The lowest BCUT2D eigenvalue weighted by atomic mass is 10.1. The summed E-state index contributed by atoms with van der Waals surface area (Å²) in [5.74, 6) is -1.68. The molecule has 1 saturated heterocycles. The number of nitrogens with one attached hydrogen (secondary N) is 1. The van der Waals surface area contributed by atoms with E-state index in [1.807, 2.05) is 0 Å². The second kappa shape index (κ2) is 5.03. The molecule has 0 saturated carbocycles. The molecule has 3 rings (SSSR count). The molecule has 0 bridgehead atoms. The van der Waals surface area contributed by atoms with Crippen LogP contribution in [0.25, 0.3) is 11.3 Å². The third kappa shape index (κ3) is 2.07. The van der Waals surface area contributed by atoms with Gasteiger partial charge in [-0.05, 0) is 25.0 Å². The highest BCUT2D eigenvalue weighted by Crippen LogP contribution is 2.28. The van der Waals surface area contributed by atoms with E-state index in [2.05, 4.69) is 10.2 Å². The van der Waals surface area contributed by atoms with Crippen LogP contribution in [0.15, 0.2) is 24.4 Å². The predicted molar refractivity (Wildman–Crippen MR) is 69.1 cm³/mol. The number of nitrogens with zero attached hydrogens (tertiary/aromatic N) is 2. The van der Waals surface area contributed by atoms with Crippen LogP contribution in [0.5, 0.6) is 0 Å². The van der Waals surface area contributed by atoms with E-state index in [0.717, 1.165) is 25.0 Å². The average molecular weight is 277 g/mol. The van der Waals surface area contributed by atoms with Crippen LogP contribution >= 0.6 is 0 Å². The first-order valence-corrected chi connectivity index (χ1v) is 6.45. The number of carbonyl (C=O) groups excluding carboxylic acids is 1. The van der Waals surface area contributed by atoms with Crippen LogP contribution in [0.2, 0.25) is 0 Å². The molecule has 104 valence electrons. The van der Waals surface area contributed by atoms with Crippen molar-refractivity contribution < 1.29 is 13.6 Å². The van der Waals surface area contributed by atoms with Gasteiger partial charge in [-0.15, -0.1) is 0 Å². The number of likely N-dealkylation sites (tertiary alicyclic amines) is 1. The number of H-pyrrole nitrogens is 1. The molecule has 0 unspecified atom stereocenters. The van der Waals surface area contributed by atoms with E-state index in [1.165, 1.54) is 12.3 Å². The molecule has 2 heterocycles. The molecule has 0 spiro atoms. The number of hydrogen-bond acceptors (Lipinski definition) is 2. The van der Waals surface area contributed by atoms with E-state index >= 15 is 0 Å². The highest BCUT2D eigenvalue weighted by atomic mass is 19.1. The summed E-state index contributed by atoms with van der Waals surface area (Å²) < 4.78 is 27.6. The summed E-state index contributed by atoms with van der Waals surface area (Å²) in [6.07, 6.45) is 3.22. The maximum Gasteiger partial charge on any atom is 0.257 e. The van der Waals surface area contributed by atoms with Crippen LogP contribution in [0, 0.1) is 11.6 Å². The molecular weight excluding hydrogens is 264 g/mol. The van der Waals surface area contributed by atoms with E-state index < -0.39 is 11.6 Å². The molecule has 0 radical (unpaired) electrons. The van der Waals surface area contributed by atoms with Crippen LogP contribution in [0.1, 0.15) is 23.2 Å². The standard InChI is InChI=1S/C14H13F2N3O/c15-10-4-3-5-11(16)12(10)13-9(8-17-18-13)14(20)19-6-1-2-7-19/h3-5,8H,1-2,6-7H2,(H,17,18). The van der Waals surface area contributed by atoms with Crippen molar-refractivity contribution in [2.45, 2.75) is 12.8 Å². The van der Waals surface area contributed by atoms with Crippen molar-refractivity contribution in [2.75, 3.05) is 13.1 Å². The Balaban J connectivity index is 2.04. The topological polar surface area (TPSA) is 49.0 Å². The minimum atomic E-state index is -0.718. The van der Waals surface area contributed by atoms with Crippen LogP contribution < -0.4 is 0 Å². The van der Waals surface area contributed by atoms with Crippen LogP contribution in [0.4, 0.5) is 8.78 Å². The Kier molecular flexibility index (Phi) is 3.22. The van der Waals surface area contributed by atoms with Crippen molar-refractivity contribution in [1.82, 2.24) is 15.1 Å². The third-order valence-electron chi connectivity index (χ3n) is 3.48. The molecule has 1 fully saturated rings. The molecule has 1 N–H and O–H groups in total. The van der Waals surface area contributed by atoms with Gasteiger partial charge in [-0.3, -0.25) is 9.89 Å². The van der Waals surface area contributed by atoms with Crippen molar-refractivity contribution in [1.29, 1.82) is 0 Å². The molecule has 1 aliphatic heterocycles. The Hall–Kier alpha value is -2.24. The fourth-order valence-corrected chi connectivity index (χ4v) is 2.47. The minimum Gasteiger partial charge on any atom is -0.339 e. The fourth-order valence-electron chi connectivity index (χ4n) is 2.47. The number of benzene rings is 1. The third-order valence-corrected chi connectivity index (χ3v) is 3.48. The van der Waals surface area contributed by atoms with E-state index in [4.69, 9.17) is 0 Å². The van der Waals surface area contributed by atoms with Gasteiger partial charge in [0.15, 0.2) is 0 Å². The van der Waals surface area contributed by atoms with Crippen molar-refractivity contribution in [3.05, 3.63) is 41.6 Å². The van der Waals surface area contributed by atoms with Gasteiger partial charge < -0.3 is 4.90 Å². The first-order chi connectivity index (χ1) is 9.68. The van der Waals surface area contributed by atoms with Crippen molar-refractivity contribution in [3.8, 4) is 11.3 Å². The number of hydrogen-bond donors (Lipinski definition) is 1. The van der Waals surface area contributed by atoms with Gasteiger partial charge in [-0.2, -0.15) is 5.10 Å². The molecular formula is C14H13F2N3O. The zero-order chi connectivity index (χ0) is 14.1. The summed E-state index contributed by atoms with van der Waals surface area (Å²) in [5, 5.41) is 6.30. The molecule has 0 aliphatic carbocycles. The molecule has 1 aromatic heterocycles. The van der Waals surface area contributed by atoms with Crippen molar-refractivity contribution in [3.63, 3.8) is 0 Å². The Morgan fingerprint density at radius 3 is 2.50 bits per heavy atom. The van der Waals surface area contributed by atoms with Gasteiger partial charge in [0.25, 0.3) is 5.91 Å². The second-order valence-electron chi connectivity index (χ2n) is 4.75. The zero-order valence-electron chi connectivity index (χ0n) is 10.7. The molecule has 0 atom stereocenters.